The summed E-state index contributed by atoms with van der Waals surface area (Å²) in [6.45, 7) is 2.50. The second-order valence-electron chi connectivity index (χ2n) is 9.64. The third-order valence-electron chi connectivity index (χ3n) is 6.18. The predicted molar refractivity (Wildman–Crippen MR) is 175 cm³/mol. The smallest absolute Gasteiger partial charge is 0.272 e. The first-order valence-corrected chi connectivity index (χ1v) is 14.7. The molecular weight excluding hydrogens is 560 g/mol. The number of ether oxygens (including phenoxy) is 1. The summed E-state index contributed by atoms with van der Waals surface area (Å²) < 4.78 is 5.42. The van der Waals surface area contributed by atoms with Gasteiger partial charge in [-0.1, -0.05) is 30.3 Å². The minimum atomic E-state index is -0.462. The first-order chi connectivity index (χ1) is 20.8. The van der Waals surface area contributed by atoms with E-state index in [1.54, 1.807) is 54.6 Å². The molecule has 220 valence electrons. The number of carbonyl (C=O) groups is 3. The van der Waals surface area contributed by atoms with Gasteiger partial charge in [0.25, 0.3) is 11.8 Å². The summed E-state index contributed by atoms with van der Waals surface area (Å²) in [4.78, 5) is 41.5. The molecule has 8 nitrogen and oxygen atoms in total. The van der Waals surface area contributed by atoms with Crippen LogP contribution in [-0.4, -0.2) is 44.2 Å². The summed E-state index contributed by atoms with van der Waals surface area (Å²) in [5.74, 6) is -0.00140. The number of thioether (sulfide) groups is 1. The van der Waals surface area contributed by atoms with Crippen molar-refractivity contribution in [2.45, 2.75) is 11.8 Å². The molecule has 43 heavy (non-hydrogen) atoms. The van der Waals surface area contributed by atoms with Gasteiger partial charge in [0, 0.05) is 41.6 Å². The molecule has 9 heteroatoms. The maximum absolute atomic E-state index is 13.3. The maximum Gasteiger partial charge on any atom is 0.272 e. The Balaban J connectivity index is 1.39. The Labute approximate surface area is 256 Å². The normalized spacial score (nSPS) is 10.9. The first kappa shape index (κ1) is 30.9. The third kappa shape index (κ3) is 9.51. The van der Waals surface area contributed by atoms with E-state index in [2.05, 4.69) is 16.0 Å². The molecule has 4 aromatic carbocycles. The number of rotatable bonds is 12. The Bertz CT molecular complexity index is 1550. The monoisotopic (exact) mass is 594 g/mol. The number of nitrogens with one attached hydrogen (secondary N) is 3. The van der Waals surface area contributed by atoms with Crippen LogP contribution in [0, 0.1) is 0 Å². The van der Waals surface area contributed by atoms with Crippen LogP contribution in [0.15, 0.2) is 114 Å². The van der Waals surface area contributed by atoms with E-state index in [1.165, 1.54) is 11.8 Å². The molecule has 3 N–H and O–H groups in total. The molecule has 4 aromatic rings. The van der Waals surface area contributed by atoms with Crippen molar-refractivity contribution in [2.24, 2.45) is 0 Å². The van der Waals surface area contributed by atoms with Gasteiger partial charge in [0.1, 0.15) is 11.4 Å². The molecule has 0 aliphatic carbocycles. The van der Waals surface area contributed by atoms with Crippen LogP contribution in [0.5, 0.6) is 5.75 Å². The van der Waals surface area contributed by atoms with E-state index in [0.717, 1.165) is 21.9 Å². The molecule has 0 spiro atoms. The van der Waals surface area contributed by atoms with Crippen LogP contribution in [0.3, 0.4) is 0 Å². The largest absolute Gasteiger partial charge is 0.494 e. The molecule has 0 atom stereocenters. The van der Waals surface area contributed by atoms with Crippen molar-refractivity contribution >= 4 is 52.6 Å². The van der Waals surface area contributed by atoms with Gasteiger partial charge in [-0.25, -0.2) is 0 Å². The Morgan fingerprint density at radius 1 is 0.791 bits per heavy atom. The van der Waals surface area contributed by atoms with E-state index in [1.807, 2.05) is 80.5 Å². The number of hydrogen-bond acceptors (Lipinski definition) is 6. The molecule has 0 heterocycles. The number of hydrogen-bond donors (Lipinski definition) is 3. The molecule has 0 radical (unpaired) electrons. The quantitative estimate of drug-likeness (QED) is 0.132. The second kappa shape index (κ2) is 15.3. The summed E-state index contributed by atoms with van der Waals surface area (Å²) in [5.41, 5.74) is 3.58. The van der Waals surface area contributed by atoms with Crippen LogP contribution in [0.25, 0.3) is 6.08 Å². The van der Waals surface area contributed by atoms with E-state index in [4.69, 9.17) is 4.74 Å². The molecule has 0 fully saturated rings. The lowest BCUT2D eigenvalue weighted by molar-refractivity contribution is -0.114. The van der Waals surface area contributed by atoms with Crippen LogP contribution in [0.2, 0.25) is 0 Å². The number of benzene rings is 4. The average molecular weight is 595 g/mol. The molecule has 0 aliphatic rings. The highest BCUT2D eigenvalue weighted by atomic mass is 32.2. The highest BCUT2D eigenvalue weighted by molar-refractivity contribution is 8.00. The van der Waals surface area contributed by atoms with E-state index in [-0.39, 0.29) is 23.3 Å². The summed E-state index contributed by atoms with van der Waals surface area (Å²) in [5, 5.41) is 8.49. The third-order valence-corrected chi connectivity index (χ3v) is 7.19. The molecule has 0 bridgehead atoms. The minimum absolute atomic E-state index is 0.107. The van der Waals surface area contributed by atoms with Crippen molar-refractivity contribution in [3.8, 4) is 5.75 Å². The number of anilines is 3. The molecular formula is C34H34N4O4S. The molecule has 4 rings (SSSR count). The van der Waals surface area contributed by atoms with Crippen molar-refractivity contribution in [1.82, 2.24) is 5.32 Å². The maximum atomic E-state index is 13.3. The topological polar surface area (TPSA) is 99.8 Å². The van der Waals surface area contributed by atoms with Crippen molar-refractivity contribution < 1.29 is 19.1 Å². The average Bonchev–Trinajstić information content (AvgIpc) is 3.02. The van der Waals surface area contributed by atoms with E-state index < -0.39 is 5.91 Å². The first-order valence-electron chi connectivity index (χ1n) is 13.7. The lowest BCUT2D eigenvalue weighted by Gasteiger charge is -2.13. The van der Waals surface area contributed by atoms with Crippen molar-refractivity contribution in [1.29, 1.82) is 0 Å². The van der Waals surface area contributed by atoms with Crippen molar-refractivity contribution in [3.05, 3.63) is 120 Å². The van der Waals surface area contributed by atoms with Gasteiger partial charge in [-0.15, -0.1) is 11.8 Å². The van der Waals surface area contributed by atoms with Crippen LogP contribution >= 0.6 is 11.8 Å². The zero-order chi connectivity index (χ0) is 30.6. The van der Waals surface area contributed by atoms with Crippen LogP contribution in [0.1, 0.15) is 22.8 Å². The zero-order valence-electron chi connectivity index (χ0n) is 24.3. The van der Waals surface area contributed by atoms with Crippen LogP contribution in [-0.2, 0) is 9.59 Å². The van der Waals surface area contributed by atoms with Gasteiger partial charge in [-0.05, 0) is 91.4 Å². The standard InChI is InChI=1S/C34H34N4O4S/c1-4-42-29-18-12-26(13-19-29)35-32(39)23-43-30-20-14-27(15-21-30)36-34(41)31(37-33(40)25-8-6-5-7-9-25)22-24-10-16-28(17-11-24)38(2)3/h5-22H,4,23H2,1-3H3,(H,35,39)(H,36,41)(H,37,40)/b31-22-. The molecule has 0 saturated heterocycles. The van der Waals surface area contributed by atoms with Gasteiger partial charge in [0.15, 0.2) is 0 Å². The molecule has 3 amide bonds. The fourth-order valence-corrected chi connectivity index (χ4v) is 4.66. The van der Waals surface area contributed by atoms with E-state index in [0.29, 0.717) is 23.5 Å². The Morgan fingerprint density at radius 3 is 2.05 bits per heavy atom. The van der Waals surface area contributed by atoms with Crippen LogP contribution < -0.4 is 25.6 Å². The SMILES string of the molecule is CCOc1ccc(NC(=O)CSc2ccc(NC(=O)/C(=C/c3ccc(N(C)C)cc3)NC(=O)c3ccccc3)cc2)cc1. The Morgan fingerprint density at radius 2 is 1.42 bits per heavy atom. The van der Waals surface area contributed by atoms with Gasteiger partial charge in [-0.3, -0.25) is 14.4 Å². The fraction of sp³-hybridized carbons (Fsp3) is 0.147. The summed E-state index contributed by atoms with van der Waals surface area (Å²) in [6, 6.07) is 30.8. The summed E-state index contributed by atoms with van der Waals surface area (Å²) in [6.07, 6.45) is 1.64. The lowest BCUT2D eigenvalue weighted by atomic mass is 10.1. The minimum Gasteiger partial charge on any atom is -0.494 e. The highest BCUT2D eigenvalue weighted by Gasteiger charge is 2.15. The molecule has 0 unspecified atom stereocenters. The number of amides is 3. The van der Waals surface area contributed by atoms with Gasteiger partial charge in [-0.2, -0.15) is 0 Å². The van der Waals surface area contributed by atoms with Gasteiger partial charge in [0.2, 0.25) is 5.91 Å². The fourth-order valence-electron chi connectivity index (χ4n) is 3.96. The highest BCUT2D eigenvalue weighted by Crippen LogP contribution is 2.22. The van der Waals surface area contributed by atoms with E-state index >= 15 is 0 Å². The van der Waals surface area contributed by atoms with Crippen molar-refractivity contribution in [2.75, 3.05) is 42.0 Å². The number of carbonyl (C=O) groups excluding carboxylic acids is 3. The Hall–Kier alpha value is -5.02. The van der Waals surface area contributed by atoms with Gasteiger partial charge < -0.3 is 25.6 Å². The molecule has 0 aliphatic heterocycles. The zero-order valence-corrected chi connectivity index (χ0v) is 25.1. The summed E-state index contributed by atoms with van der Waals surface area (Å²) >= 11 is 1.38. The van der Waals surface area contributed by atoms with Gasteiger partial charge in [0.05, 0.1) is 12.4 Å². The summed E-state index contributed by atoms with van der Waals surface area (Å²) in [7, 11) is 3.90. The second-order valence-corrected chi connectivity index (χ2v) is 10.7. The lowest BCUT2D eigenvalue weighted by Crippen LogP contribution is -2.30. The van der Waals surface area contributed by atoms with Crippen molar-refractivity contribution in [3.63, 3.8) is 0 Å². The molecule has 0 aromatic heterocycles. The predicted octanol–water partition coefficient (Wildman–Crippen LogP) is 6.29. The van der Waals surface area contributed by atoms with E-state index in [9.17, 15) is 14.4 Å². The van der Waals surface area contributed by atoms with Crippen LogP contribution in [0.4, 0.5) is 17.1 Å². The molecule has 0 saturated carbocycles. The Kier molecular flexibility index (Phi) is 11.0. The number of nitrogens with zero attached hydrogens (tertiary/aromatic N) is 1. The van der Waals surface area contributed by atoms with Gasteiger partial charge >= 0.3 is 0 Å².